The van der Waals surface area contributed by atoms with E-state index in [4.69, 9.17) is 16.3 Å². The molecule has 0 radical (unpaired) electrons. The van der Waals surface area contributed by atoms with Gasteiger partial charge < -0.3 is 9.47 Å². The maximum atomic E-state index is 13.5. The van der Waals surface area contributed by atoms with Crippen molar-refractivity contribution in [2.75, 3.05) is 5.32 Å². The fourth-order valence-electron chi connectivity index (χ4n) is 1.15. The summed E-state index contributed by atoms with van der Waals surface area (Å²) in [7, 11) is 0. The van der Waals surface area contributed by atoms with Crippen molar-refractivity contribution in [2.45, 2.75) is 32.7 Å². The summed E-state index contributed by atoms with van der Waals surface area (Å²) in [4.78, 5) is 14.8. The molecule has 0 aliphatic carbocycles. The van der Waals surface area contributed by atoms with Gasteiger partial charge in [-0.05, 0) is 20.8 Å². The van der Waals surface area contributed by atoms with Crippen LogP contribution >= 0.6 is 11.6 Å². The van der Waals surface area contributed by atoms with E-state index in [-0.39, 0.29) is 0 Å². The summed E-state index contributed by atoms with van der Waals surface area (Å²) < 4.78 is 57.8. The monoisotopic (exact) mass is 330 g/mol. The third-order valence-electron chi connectivity index (χ3n) is 1.73. The number of hydrogen-bond donors (Lipinski definition) is 1. The molecule has 0 bridgehead atoms. The highest BCUT2D eigenvalue weighted by atomic mass is 35.5. The van der Waals surface area contributed by atoms with E-state index in [2.05, 4.69) is 9.72 Å². The number of ether oxygens (including phenoxy) is 2. The molecule has 0 saturated heterocycles. The van der Waals surface area contributed by atoms with Crippen LogP contribution in [0.3, 0.4) is 0 Å². The molecule has 0 aliphatic heterocycles. The van der Waals surface area contributed by atoms with Crippen molar-refractivity contribution < 1.29 is 31.8 Å². The van der Waals surface area contributed by atoms with Gasteiger partial charge in [-0.3, -0.25) is 5.32 Å². The number of hydrogen-bond acceptors (Lipinski definition) is 4. The van der Waals surface area contributed by atoms with E-state index in [0.29, 0.717) is 6.07 Å². The number of carbonyl (C=O) groups is 1. The van der Waals surface area contributed by atoms with Gasteiger partial charge in [-0.25, -0.2) is 14.2 Å². The second-order valence-electron chi connectivity index (χ2n) is 4.78. The van der Waals surface area contributed by atoms with Crippen molar-refractivity contribution in [1.29, 1.82) is 0 Å². The van der Waals surface area contributed by atoms with Crippen molar-refractivity contribution >= 4 is 23.5 Å². The third-order valence-corrected chi connectivity index (χ3v) is 1.99. The fraction of sp³-hybridized carbons (Fsp3) is 0.455. The van der Waals surface area contributed by atoms with Crippen molar-refractivity contribution in [3.8, 4) is 5.75 Å². The van der Waals surface area contributed by atoms with Crippen molar-refractivity contribution in [3.63, 3.8) is 0 Å². The zero-order valence-electron chi connectivity index (χ0n) is 11.1. The van der Waals surface area contributed by atoms with Gasteiger partial charge in [-0.15, -0.1) is 13.2 Å². The van der Waals surface area contributed by atoms with Crippen LogP contribution in [0.15, 0.2) is 6.07 Å². The van der Waals surface area contributed by atoms with Gasteiger partial charge in [-0.2, -0.15) is 0 Å². The molecule has 0 spiro atoms. The van der Waals surface area contributed by atoms with Gasteiger partial charge in [0, 0.05) is 6.07 Å². The number of nitrogens with one attached hydrogen (secondary N) is 1. The predicted molar refractivity (Wildman–Crippen MR) is 65.7 cm³/mol. The van der Waals surface area contributed by atoms with Gasteiger partial charge >= 0.3 is 12.5 Å². The number of alkyl halides is 3. The average molecular weight is 331 g/mol. The molecule has 1 N–H and O–H groups in total. The molecule has 1 aromatic heterocycles. The van der Waals surface area contributed by atoms with E-state index in [1.165, 1.54) is 0 Å². The van der Waals surface area contributed by atoms with Gasteiger partial charge in [-0.1, -0.05) is 11.6 Å². The summed E-state index contributed by atoms with van der Waals surface area (Å²) in [6.45, 7) is 4.77. The molecular formula is C11H11ClF4N2O3. The zero-order chi connectivity index (χ0) is 16.4. The maximum absolute atomic E-state index is 13.5. The number of rotatable bonds is 2. The number of carbonyl (C=O) groups excluding carboxylic acids is 1. The SMILES string of the molecule is CC(C)(C)OC(=O)Nc1cc(F)c(OC(F)(F)F)c(Cl)n1. The first kappa shape index (κ1) is 17.3. The molecule has 0 aliphatic rings. The minimum atomic E-state index is -5.12. The van der Waals surface area contributed by atoms with Crippen LogP contribution in [0.5, 0.6) is 5.75 Å². The summed E-state index contributed by atoms with van der Waals surface area (Å²) in [6.07, 6.45) is -6.08. The summed E-state index contributed by atoms with van der Waals surface area (Å²) in [6, 6.07) is 0.525. The molecule has 0 fully saturated rings. The van der Waals surface area contributed by atoms with Crippen LogP contribution in [0.4, 0.5) is 28.2 Å². The van der Waals surface area contributed by atoms with Crippen LogP contribution < -0.4 is 10.1 Å². The predicted octanol–water partition coefficient (Wildman–Crippen LogP) is 4.12. The van der Waals surface area contributed by atoms with Crippen LogP contribution in [0.2, 0.25) is 5.15 Å². The number of nitrogens with zero attached hydrogens (tertiary/aromatic N) is 1. The quantitative estimate of drug-likeness (QED) is 0.654. The minimum Gasteiger partial charge on any atom is -0.444 e. The largest absolute Gasteiger partial charge is 0.573 e. The molecule has 1 amide bonds. The Morgan fingerprint density at radius 3 is 2.33 bits per heavy atom. The van der Waals surface area contributed by atoms with Crippen LogP contribution in [0, 0.1) is 5.82 Å². The van der Waals surface area contributed by atoms with Crippen LogP contribution in [-0.4, -0.2) is 23.0 Å². The maximum Gasteiger partial charge on any atom is 0.573 e. The van der Waals surface area contributed by atoms with Crippen LogP contribution in [0.25, 0.3) is 0 Å². The van der Waals surface area contributed by atoms with Crippen molar-refractivity contribution in [2.24, 2.45) is 0 Å². The minimum absolute atomic E-state index is 0.415. The molecule has 0 atom stereocenters. The van der Waals surface area contributed by atoms with E-state index in [1.54, 1.807) is 20.8 Å². The molecule has 118 valence electrons. The Balaban J connectivity index is 2.91. The normalized spacial score (nSPS) is 12.0. The lowest BCUT2D eigenvalue weighted by Crippen LogP contribution is -2.27. The Hall–Kier alpha value is -1.77. The fourth-order valence-corrected chi connectivity index (χ4v) is 1.37. The lowest BCUT2D eigenvalue weighted by Gasteiger charge is -2.19. The summed E-state index contributed by atoms with van der Waals surface area (Å²) in [5.74, 6) is -3.13. The molecule has 10 heteroatoms. The van der Waals surface area contributed by atoms with Gasteiger partial charge in [0.1, 0.15) is 11.4 Å². The highest BCUT2D eigenvalue weighted by molar-refractivity contribution is 6.31. The Bertz CT molecular complexity index is 520. The first-order valence-electron chi connectivity index (χ1n) is 5.49. The highest BCUT2D eigenvalue weighted by Gasteiger charge is 2.34. The first-order valence-corrected chi connectivity index (χ1v) is 5.87. The van der Waals surface area contributed by atoms with E-state index < -0.39 is 40.6 Å². The highest BCUT2D eigenvalue weighted by Crippen LogP contribution is 2.32. The number of halogens is 5. The number of amides is 1. The average Bonchev–Trinajstić information content (AvgIpc) is 2.19. The van der Waals surface area contributed by atoms with Gasteiger partial charge in [0.2, 0.25) is 5.75 Å². The number of aromatic nitrogens is 1. The lowest BCUT2D eigenvalue weighted by atomic mass is 10.2. The second-order valence-corrected chi connectivity index (χ2v) is 5.14. The molecule has 5 nitrogen and oxygen atoms in total. The van der Waals surface area contributed by atoms with E-state index in [9.17, 15) is 22.4 Å². The molecule has 1 aromatic rings. The van der Waals surface area contributed by atoms with Crippen LogP contribution in [-0.2, 0) is 4.74 Å². The van der Waals surface area contributed by atoms with Gasteiger partial charge in [0.25, 0.3) is 0 Å². The Kier molecular flexibility index (Phi) is 4.87. The van der Waals surface area contributed by atoms with E-state index in [0.717, 1.165) is 0 Å². The molecule has 0 aromatic carbocycles. The van der Waals surface area contributed by atoms with E-state index in [1.807, 2.05) is 5.32 Å². The molecular weight excluding hydrogens is 320 g/mol. The van der Waals surface area contributed by atoms with Gasteiger partial charge in [0.05, 0.1) is 0 Å². The molecule has 0 unspecified atom stereocenters. The number of pyridine rings is 1. The van der Waals surface area contributed by atoms with Crippen LogP contribution in [0.1, 0.15) is 20.8 Å². The molecule has 1 rings (SSSR count). The first-order chi connectivity index (χ1) is 9.37. The summed E-state index contributed by atoms with van der Waals surface area (Å²) in [5.41, 5.74) is -0.814. The summed E-state index contributed by atoms with van der Waals surface area (Å²) >= 11 is 5.39. The lowest BCUT2D eigenvalue weighted by molar-refractivity contribution is -0.275. The standard InChI is InChI=1S/C11H11ClF4N2O3/c1-10(2,3)21-9(19)18-6-4-5(13)7(8(12)17-6)20-11(14,15)16/h4H,1-3H3,(H,17,18,19). The Morgan fingerprint density at radius 2 is 1.90 bits per heavy atom. The Morgan fingerprint density at radius 1 is 1.33 bits per heavy atom. The van der Waals surface area contributed by atoms with E-state index >= 15 is 0 Å². The topological polar surface area (TPSA) is 60.5 Å². The zero-order valence-corrected chi connectivity index (χ0v) is 11.9. The smallest absolute Gasteiger partial charge is 0.444 e. The molecule has 0 saturated carbocycles. The van der Waals surface area contributed by atoms with Crippen molar-refractivity contribution in [3.05, 3.63) is 17.0 Å². The third kappa shape index (κ3) is 6.03. The molecule has 1 heterocycles. The Labute approximate surface area is 122 Å². The molecule has 21 heavy (non-hydrogen) atoms. The second kappa shape index (κ2) is 5.92. The number of anilines is 1. The van der Waals surface area contributed by atoms with Crippen molar-refractivity contribution in [1.82, 2.24) is 4.98 Å². The van der Waals surface area contributed by atoms with Gasteiger partial charge in [0.15, 0.2) is 11.0 Å². The summed E-state index contributed by atoms with van der Waals surface area (Å²) in [5, 5.41) is 1.15.